The average molecular weight is 375 g/mol. The molecule has 0 atom stereocenters. The summed E-state index contributed by atoms with van der Waals surface area (Å²) in [5.74, 6) is -0.438. The van der Waals surface area contributed by atoms with Gasteiger partial charge in [0, 0.05) is 32.1 Å². The van der Waals surface area contributed by atoms with Crippen LogP contribution in [0.25, 0.3) is 6.08 Å². The highest BCUT2D eigenvalue weighted by atomic mass is 16.6. The van der Waals surface area contributed by atoms with Crippen LogP contribution in [0.2, 0.25) is 0 Å². The number of rotatable bonds is 8. The number of hydrogen-bond acceptors (Lipinski definition) is 4. The zero-order chi connectivity index (χ0) is 20.3. The monoisotopic (exact) mass is 375 g/mol. The van der Waals surface area contributed by atoms with Crippen molar-refractivity contribution in [2.75, 3.05) is 19.6 Å². The second-order valence-electron chi connectivity index (χ2n) is 7.06. The van der Waals surface area contributed by atoms with E-state index in [2.05, 4.69) is 16.0 Å². The number of ether oxygens (including phenoxy) is 1. The van der Waals surface area contributed by atoms with Crippen LogP contribution in [0.3, 0.4) is 0 Å². The molecule has 1 aromatic carbocycles. The van der Waals surface area contributed by atoms with E-state index in [1.807, 2.05) is 31.2 Å². The molecule has 0 aliphatic heterocycles. The van der Waals surface area contributed by atoms with Crippen molar-refractivity contribution in [1.82, 2.24) is 16.0 Å². The van der Waals surface area contributed by atoms with Gasteiger partial charge in [-0.1, -0.05) is 29.8 Å². The maximum atomic E-state index is 11.7. The van der Waals surface area contributed by atoms with Crippen molar-refractivity contribution in [3.63, 3.8) is 0 Å². The van der Waals surface area contributed by atoms with E-state index in [4.69, 9.17) is 4.74 Å². The Labute approximate surface area is 160 Å². The maximum absolute atomic E-state index is 11.7. The first-order valence-electron chi connectivity index (χ1n) is 8.92. The molecular formula is C20H29N3O4. The van der Waals surface area contributed by atoms with Gasteiger partial charge in [0.2, 0.25) is 11.8 Å². The third kappa shape index (κ3) is 11.4. The molecule has 3 amide bonds. The largest absolute Gasteiger partial charge is 0.444 e. The number of amides is 3. The highest BCUT2D eigenvalue weighted by Crippen LogP contribution is 2.06. The number of carbonyl (C=O) groups excluding carboxylic acids is 3. The summed E-state index contributed by atoms with van der Waals surface area (Å²) in [6, 6.07) is 7.82. The minimum absolute atomic E-state index is 0.139. The Hall–Kier alpha value is -2.83. The van der Waals surface area contributed by atoms with Crippen molar-refractivity contribution < 1.29 is 19.1 Å². The van der Waals surface area contributed by atoms with Crippen molar-refractivity contribution in [2.45, 2.75) is 39.7 Å². The van der Waals surface area contributed by atoms with Gasteiger partial charge in [-0.2, -0.15) is 0 Å². The molecule has 0 saturated heterocycles. The summed E-state index contributed by atoms with van der Waals surface area (Å²) in [6.45, 7) is 8.13. The second kappa shape index (κ2) is 11.0. The van der Waals surface area contributed by atoms with Gasteiger partial charge in [0.05, 0.1) is 0 Å². The minimum Gasteiger partial charge on any atom is -0.444 e. The van der Waals surface area contributed by atoms with E-state index in [1.54, 1.807) is 26.8 Å². The average Bonchev–Trinajstić information content (AvgIpc) is 2.56. The van der Waals surface area contributed by atoms with Gasteiger partial charge in [-0.15, -0.1) is 0 Å². The number of alkyl carbamates (subject to hydrolysis) is 1. The molecule has 0 bridgehead atoms. The lowest BCUT2D eigenvalue weighted by molar-refractivity contribution is -0.121. The molecular weight excluding hydrogens is 346 g/mol. The predicted molar refractivity (Wildman–Crippen MR) is 105 cm³/mol. The summed E-state index contributed by atoms with van der Waals surface area (Å²) in [4.78, 5) is 34.8. The van der Waals surface area contributed by atoms with Gasteiger partial charge in [-0.25, -0.2) is 4.79 Å². The van der Waals surface area contributed by atoms with E-state index in [0.29, 0.717) is 13.1 Å². The van der Waals surface area contributed by atoms with E-state index >= 15 is 0 Å². The molecule has 0 aromatic heterocycles. The summed E-state index contributed by atoms with van der Waals surface area (Å²) in [5, 5.41) is 7.87. The fraction of sp³-hybridized carbons (Fsp3) is 0.450. The fourth-order valence-electron chi connectivity index (χ4n) is 1.98. The van der Waals surface area contributed by atoms with Crippen molar-refractivity contribution in [3.8, 4) is 0 Å². The molecule has 0 radical (unpaired) electrons. The summed E-state index contributed by atoms with van der Waals surface area (Å²) < 4.78 is 5.07. The second-order valence-corrected chi connectivity index (χ2v) is 7.06. The van der Waals surface area contributed by atoms with E-state index < -0.39 is 11.7 Å². The van der Waals surface area contributed by atoms with Crippen LogP contribution < -0.4 is 16.0 Å². The lowest BCUT2D eigenvalue weighted by Crippen LogP contribution is -2.37. The summed E-state index contributed by atoms with van der Waals surface area (Å²) in [7, 11) is 0. The number of aryl methyl sites for hydroxylation is 1. The molecule has 0 aliphatic carbocycles. The molecule has 3 N–H and O–H groups in total. The van der Waals surface area contributed by atoms with Crippen LogP contribution in [0, 0.1) is 6.92 Å². The van der Waals surface area contributed by atoms with Gasteiger partial charge < -0.3 is 20.7 Å². The minimum atomic E-state index is -0.571. The summed E-state index contributed by atoms with van der Waals surface area (Å²) in [5.41, 5.74) is 1.54. The Bertz CT molecular complexity index is 661. The molecule has 0 aliphatic rings. The molecule has 0 saturated carbocycles. The highest BCUT2D eigenvalue weighted by molar-refractivity contribution is 5.91. The molecule has 0 unspecified atom stereocenters. The molecule has 148 valence electrons. The molecule has 7 heteroatoms. The first-order chi connectivity index (χ1) is 12.7. The molecule has 0 heterocycles. The van der Waals surface area contributed by atoms with Crippen molar-refractivity contribution in [1.29, 1.82) is 0 Å². The number of benzene rings is 1. The lowest BCUT2D eigenvalue weighted by Gasteiger charge is -2.19. The highest BCUT2D eigenvalue weighted by Gasteiger charge is 2.15. The van der Waals surface area contributed by atoms with Crippen LogP contribution in [-0.2, 0) is 14.3 Å². The predicted octanol–water partition coefficient (Wildman–Crippen LogP) is 2.16. The zero-order valence-corrected chi connectivity index (χ0v) is 16.4. The number of nitrogens with one attached hydrogen (secondary N) is 3. The Morgan fingerprint density at radius 3 is 2.22 bits per heavy atom. The van der Waals surface area contributed by atoms with Crippen LogP contribution in [0.4, 0.5) is 4.79 Å². The number of hydrogen-bond donors (Lipinski definition) is 3. The molecule has 27 heavy (non-hydrogen) atoms. The molecule has 7 nitrogen and oxygen atoms in total. The lowest BCUT2D eigenvalue weighted by atomic mass is 10.1. The topological polar surface area (TPSA) is 96.5 Å². The SMILES string of the molecule is Cc1ccc(/C=C/C(=O)NCCNC(=O)CCNC(=O)OC(C)(C)C)cc1. The summed E-state index contributed by atoms with van der Waals surface area (Å²) >= 11 is 0. The Morgan fingerprint density at radius 1 is 0.963 bits per heavy atom. The zero-order valence-electron chi connectivity index (χ0n) is 16.4. The van der Waals surface area contributed by atoms with Crippen molar-refractivity contribution in [3.05, 3.63) is 41.5 Å². The molecule has 0 fully saturated rings. The van der Waals surface area contributed by atoms with E-state index in [1.165, 1.54) is 6.08 Å². The summed E-state index contributed by atoms with van der Waals surface area (Å²) in [6.07, 6.45) is 2.77. The standard InChI is InChI=1S/C20H29N3O4/c1-15-5-7-16(8-6-15)9-10-17(24)21-13-14-22-18(25)11-12-23-19(26)27-20(2,3)4/h5-10H,11-14H2,1-4H3,(H,21,24)(H,22,25)(H,23,26)/b10-9+. The molecule has 1 aromatic rings. The Morgan fingerprint density at radius 2 is 1.59 bits per heavy atom. The first kappa shape index (κ1) is 22.2. The van der Waals surface area contributed by atoms with Crippen LogP contribution in [0.5, 0.6) is 0 Å². The van der Waals surface area contributed by atoms with Gasteiger partial charge in [-0.3, -0.25) is 9.59 Å². The van der Waals surface area contributed by atoms with Crippen LogP contribution in [-0.4, -0.2) is 43.1 Å². The Kier molecular flexibility index (Phi) is 9.05. The van der Waals surface area contributed by atoms with Crippen LogP contribution >= 0.6 is 0 Å². The van der Waals surface area contributed by atoms with E-state index in [0.717, 1.165) is 11.1 Å². The Balaban J connectivity index is 2.12. The van der Waals surface area contributed by atoms with Gasteiger partial charge >= 0.3 is 6.09 Å². The van der Waals surface area contributed by atoms with Gasteiger partial charge in [0.15, 0.2) is 0 Å². The normalized spacial score (nSPS) is 11.1. The molecule has 0 spiro atoms. The van der Waals surface area contributed by atoms with Gasteiger partial charge in [0.25, 0.3) is 0 Å². The quantitative estimate of drug-likeness (QED) is 0.479. The van der Waals surface area contributed by atoms with Gasteiger partial charge in [0.1, 0.15) is 5.60 Å². The van der Waals surface area contributed by atoms with E-state index in [-0.39, 0.29) is 24.8 Å². The third-order valence-corrected chi connectivity index (χ3v) is 3.27. The first-order valence-corrected chi connectivity index (χ1v) is 8.92. The maximum Gasteiger partial charge on any atom is 0.407 e. The number of carbonyl (C=O) groups is 3. The van der Waals surface area contributed by atoms with Crippen LogP contribution in [0.15, 0.2) is 30.3 Å². The van der Waals surface area contributed by atoms with Crippen molar-refractivity contribution in [2.24, 2.45) is 0 Å². The molecule has 1 rings (SSSR count). The third-order valence-electron chi connectivity index (χ3n) is 3.27. The van der Waals surface area contributed by atoms with Crippen LogP contribution in [0.1, 0.15) is 38.3 Å². The van der Waals surface area contributed by atoms with Crippen molar-refractivity contribution >= 4 is 24.0 Å². The smallest absolute Gasteiger partial charge is 0.407 e. The van der Waals surface area contributed by atoms with Gasteiger partial charge in [-0.05, 0) is 39.3 Å². The fourth-order valence-corrected chi connectivity index (χ4v) is 1.98. The van der Waals surface area contributed by atoms with E-state index in [9.17, 15) is 14.4 Å².